The third-order valence-electron chi connectivity index (χ3n) is 2.94. The van der Waals surface area contributed by atoms with E-state index in [1.165, 1.54) is 13.0 Å². The molecule has 0 spiro atoms. The van der Waals surface area contributed by atoms with Gasteiger partial charge in [-0.25, -0.2) is 0 Å². The van der Waals surface area contributed by atoms with E-state index in [-0.39, 0.29) is 5.91 Å². The Morgan fingerprint density at radius 3 is 2.25 bits per heavy atom. The van der Waals surface area contributed by atoms with Crippen molar-refractivity contribution in [2.75, 3.05) is 45.8 Å². The molecule has 0 radical (unpaired) electrons. The fourth-order valence-electron chi connectivity index (χ4n) is 2.01. The predicted octanol–water partition coefficient (Wildman–Crippen LogP) is 0.540. The summed E-state index contributed by atoms with van der Waals surface area (Å²) < 4.78 is 0. The first-order valence-corrected chi connectivity index (χ1v) is 6.47. The van der Waals surface area contributed by atoms with Crippen molar-refractivity contribution in [3.63, 3.8) is 0 Å². The second-order valence-electron chi connectivity index (χ2n) is 4.47. The summed E-state index contributed by atoms with van der Waals surface area (Å²) in [6.07, 6.45) is 2.23. The number of carbonyl (C=O) groups excluding carboxylic acids is 1. The average molecular weight is 227 g/mol. The van der Waals surface area contributed by atoms with Gasteiger partial charge in [0.15, 0.2) is 0 Å². The normalized spacial score (nSPS) is 18.6. The van der Waals surface area contributed by atoms with Crippen molar-refractivity contribution < 1.29 is 4.79 Å². The molecule has 1 N–H and O–H groups in total. The smallest absolute Gasteiger partial charge is 0.234 e. The van der Waals surface area contributed by atoms with Crippen LogP contribution >= 0.6 is 0 Å². The molecule has 0 aromatic rings. The highest BCUT2D eigenvalue weighted by Crippen LogP contribution is 2.01. The first-order valence-electron chi connectivity index (χ1n) is 6.47. The van der Waals surface area contributed by atoms with Crippen LogP contribution in [0.5, 0.6) is 0 Å². The maximum Gasteiger partial charge on any atom is 0.234 e. The van der Waals surface area contributed by atoms with Crippen LogP contribution in [0.1, 0.15) is 26.7 Å². The van der Waals surface area contributed by atoms with E-state index < -0.39 is 0 Å². The average Bonchev–Trinajstić information content (AvgIpc) is 2.29. The number of hydrogen-bond donors (Lipinski definition) is 1. The first-order chi connectivity index (χ1) is 7.76. The molecule has 0 aromatic carbocycles. The molecule has 0 saturated carbocycles. The second-order valence-corrected chi connectivity index (χ2v) is 4.47. The summed E-state index contributed by atoms with van der Waals surface area (Å²) in [6, 6.07) is 0. The van der Waals surface area contributed by atoms with Crippen molar-refractivity contribution in [1.82, 2.24) is 15.1 Å². The number of rotatable bonds is 6. The highest BCUT2D eigenvalue weighted by atomic mass is 16.2. The number of amides is 1. The molecule has 1 amide bonds. The molecule has 0 bridgehead atoms. The minimum atomic E-state index is 0.172. The van der Waals surface area contributed by atoms with Gasteiger partial charge in [0.25, 0.3) is 0 Å². The van der Waals surface area contributed by atoms with Gasteiger partial charge in [-0.3, -0.25) is 9.69 Å². The van der Waals surface area contributed by atoms with Crippen LogP contribution in [0.4, 0.5) is 0 Å². The van der Waals surface area contributed by atoms with Gasteiger partial charge in [-0.05, 0) is 19.4 Å². The number of nitrogens with zero attached hydrogens (tertiary/aromatic N) is 2. The van der Waals surface area contributed by atoms with Crippen molar-refractivity contribution >= 4 is 5.91 Å². The van der Waals surface area contributed by atoms with Gasteiger partial charge in [-0.2, -0.15) is 0 Å². The summed E-state index contributed by atoms with van der Waals surface area (Å²) in [5, 5.41) is 2.92. The van der Waals surface area contributed by atoms with Crippen LogP contribution in [0.3, 0.4) is 0 Å². The van der Waals surface area contributed by atoms with Crippen molar-refractivity contribution in [2.45, 2.75) is 26.7 Å². The van der Waals surface area contributed by atoms with E-state index in [1.54, 1.807) is 0 Å². The van der Waals surface area contributed by atoms with Gasteiger partial charge < -0.3 is 10.2 Å². The van der Waals surface area contributed by atoms with Crippen LogP contribution in [0, 0.1) is 0 Å². The van der Waals surface area contributed by atoms with E-state index in [0.717, 1.165) is 39.1 Å². The lowest BCUT2D eigenvalue weighted by Gasteiger charge is -2.34. The van der Waals surface area contributed by atoms with Gasteiger partial charge in [-0.15, -0.1) is 0 Å². The lowest BCUT2D eigenvalue weighted by atomic mass is 10.3. The largest absolute Gasteiger partial charge is 0.355 e. The molecule has 16 heavy (non-hydrogen) atoms. The summed E-state index contributed by atoms with van der Waals surface area (Å²) in [6.45, 7) is 11.1. The van der Waals surface area contributed by atoms with Crippen LogP contribution in [0.25, 0.3) is 0 Å². The zero-order chi connectivity index (χ0) is 11.8. The van der Waals surface area contributed by atoms with Crippen molar-refractivity contribution in [3.05, 3.63) is 0 Å². The Hall–Kier alpha value is -0.610. The summed E-state index contributed by atoms with van der Waals surface area (Å²) in [5.74, 6) is 0.172. The Bertz CT molecular complexity index is 200. The minimum Gasteiger partial charge on any atom is -0.355 e. The Morgan fingerprint density at radius 2 is 1.69 bits per heavy atom. The lowest BCUT2D eigenvalue weighted by molar-refractivity contribution is -0.122. The molecule has 94 valence electrons. The Morgan fingerprint density at radius 1 is 1.06 bits per heavy atom. The van der Waals surface area contributed by atoms with Gasteiger partial charge in [0.05, 0.1) is 6.54 Å². The van der Waals surface area contributed by atoms with E-state index in [0.29, 0.717) is 6.54 Å². The minimum absolute atomic E-state index is 0.172. The Balaban J connectivity index is 2.14. The molecule has 0 aromatic heterocycles. The second kappa shape index (κ2) is 7.63. The predicted molar refractivity (Wildman–Crippen MR) is 66.5 cm³/mol. The van der Waals surface area contributed by atoms with Crippen LogP contribution in [0.15, 0.2) is 0 Å². The van der Waals surface area contributed by atoms with Gasteiger partial charge in [0, 0.05) is 32.7 Å². The number of nitrogens with one attached hydrogen (secondary N) is 1. The number of carbonyl (C=O) groups is 1. The molecule has 1 fully saturated rings. The molecule has 0 unspecified atom stereocenters. The van der Waals surface area contributed by atoms with Crippen molar-refractivity contribution in [1.29, 1.82) is 0 Å². The third-order valence-corrected chi connectivity index (χ3v) is 2.94. The van der Waals surface area contributed by atoms with Crippen LogP contribution in [0.2, 0.25) is 0 Å². The fourth-order valence-corrected chi connectivity index (χ4v) is 2.01. The molecule has 4 nitrogen and oxygen atoms in total. The van der Waals surface area contributed by atoms with E-state index in [9.17, 15) is 4.79 Å². The highest BCUT2D eigenvalue weighted by molar-refractivity contribution is 5.77. The van der Waals surface area contributed by atoms with Gasteiger partial charge in [0.1, 0.15) is 0 Å². The van der Waals surface area contributed by atoms with Crippen LogP contribution < -0.4 is 5.32 Å². The molecule has 0 atom stereocenters. The summed E-state index contributed by atoms with van der Waals surface area (Å²) in [7, 11) is 0. The number of piperazine rings is 1. The molecule has 4 heteroatoms. The van der Waals surface area contributed by atoms with Gasteiger partial charge in [0.2, 0.25) is 5.91 Å². The molecular formula is C12H25N3O. The highest BCUT2D eigenvalue weighted by Gasteiger charge is 2.17. The van der Waals surface area contributed by atoms with Gasteiger partial charge >= 0.3 is 0 Å². The molecule has 1 saturated heterocycles. The molecule has 1 aliphatic heterocycles. The molecule has 0 aliphatic carbocycles. The third kappa shape index (κ3) is 4.94. The van der Waals surface area contributed by atoms with Crippen LogP contribution in [-0.4, -0.2) is 61.5 Å². The quantitative estimate of drug-likeness (QED) is 0.719. The molecular weight excluding hydrogens is 202 g/mol. The van der Waals surface area contributed by atoms with E-state index in [1.807, 2.05) is 0 Å². The van der Waals surface area contributed by atoms with E-state index >= 15 is 0 Å². The summed E-state index contributed by atoms with van der Waals surface area (Å²) >= 11 is 0. The Labute approximate surface area is 99.0 Å². The van der Waals surface area contributed by atoms with E-state index in [4.69, 9.17) is 0 Å². The Kier molecular flexibility index (Phi) is 6.42. The maximum absolute atomic E-state index is 11.5. The first kappa shape index (κ1) is 13.5. The molecule has 1 rings (SSSR count). The van der Waals surface area contributed by atoms with Crippen LogP contribution in [-0.2, 0) is 4.79 Å². The fraction of sp³-hybridized carbons (Fsp3) is 0.917. The van der Waals surface area contributed by atoms with Crippen molar-refractivity contribution in [3.8, 4) is 0 Å². The number of hydrogen-bond acceptors (Lipinski definition) is 3. The maximum atomic E-state index is 11.5. The zero-order valence-corrected chi connectivity index (χ0v) is 10.7. The summed E-state index contributed by atoms with van der Waals surface area (Å²) in [5.41, 5.74) is 0. The summed E-state index contributed by atoms with van der Waals surface area (Å²) in [4.78, 5) is 16.2. The lowest BCUT2D eigenvalue weighted by Crippen LogP contribution is -2.49. The van der Waals surface area contributed by atoms with Gasteiger partial charge in [-0.1, -0.05) is 13.8 Å². The monoisotopic (exact) mass is 227 g/mol. The zero-order valence-electron chi connectivity index (χ0n) is 10.7. The van der Waals surface area contributed by atoms with Crippen molar-refractivity contribution in [2.24, 2.45) is 0 Å². The van der Waals surface area contributed by atoms with E-state index in [2.05, 4.69) is 29.0 Å². The standard InChI is InChI=1S/C12H25N3O/c1-3-5-13-12(16)11-15-9-7-14(6-4-2)8-10-15/h3-11H2,1-2H3,(H,13,16). The molecule has 1 aliphatic rings. The molecule has 1 heterocycles. The SMILES string of the molecule is CCCNC(=O)CN1CCN(CCC)CC1. The topological polar surface area (TPSA) is 35.6 Å².